The fraction of sp³-hybridized carbons (Fsp3) is 0.333. The summed E-state index contributed by atoms with van der Waals surface area (Å²) in [6, 6.07) is 7.66. The standard InChI is InChI=1S/C21H24N4O3/c1-3-19(26)22-14-16-4-6-17(7-5-16)20(27)25-10-8-18(9-11-25)28-21-23-12-15(2)13-24-21/h3-7,12-13,18H,1,8-11,14H2,2H3,(H,22,26). The second kappa shape index (κ2) is 9.12. The van der Waals surface area contributed by atoms with Crippen molar-refractivity contribution < 1.29 is 14.3 Å². The molecule has 7 heteroatoms. The largest absolute Gasteiger partial charge is 0.460 e. The molecule has 3 rings (SSSR count). The van der Waals surface area contributed by atoms with Gasteiger partial charge >= 0.3 is 6.01 Å². The predicted molar refractivity (Wildman–Crippen MR) is 105 cm³/mol. The third-order valence-corrected chi connectivity index (χ3v) is 4.61. The van der Waals surface area contributed by atoms with E-state index in [1.807, 2.05) is 24.0 Å². The highest BCUT2D eigenvalue weighted by atomic mass is 16.5. The summed E-state index contributed by atoms with van der Waals surface area (Å²) in [5.41, 5.74) is 2.55. The lowest BCUT2D eigenvalue weighted by Crippen LogP contribution is -2.41. The van der Waals surface area contributed by atoms with Crippen molar-refractivity contribution in [3.63, 3.8) is 0 Å². The second-order valence-electron chi connectivity index (χ2n) is 6.77. The van der Waals surface area contributed by atoms with Crippen molar-refractivity contribution in [2.24, 2.45) is 0 Å². The zero-order valence-electron chi connectivity index (χ0n) is 15.9. The molecule has 1 aromatic carbocycles. The molecule has 28 heavy (non-hydrogen) atoms. The number of benzene rings is 1. The van der Waals surface area contributed by atoms with Gasteiger partial charge in [0.15, 0.2) is 0 Å². The SMILES string of the molecule is C=CC(=O)NCc1ccc(C(=O)N2CCC(Oc3ncc(C)cn3)CC2)cc1. The first-order valence-electron chi connectivity index (χ1n) is 9.29. The van der Waals surface area contributed by atoms with E-state index in [2.05, 4.69) is 21.9 Å². The van der Waals surface area contributed by atoms with Crippen molar-refractivity contribution in [2.45, 2.75) is 32.4 Å². The minimum absolute atomic E-state index is 0.00622. The summed E-state index contributed by atoms with van der Waals surface area (Å²) in [6.07, 6.45) is 6.20. The maximum Gasteiger partial charge on any atom is 0.316 e. The van der Waals surface area contributed by atoms with E-state index in [4.69, 9.17) is 4.74 Å². The molecule has 1 aliphatic rings. The lowest BCUT2D eigenvalue weighted by molar-refractivity contribution is -0.116. The molecule has 0 spiro atoms. The molecule has 0 bridgehead atoms. The number of carbonyl (C=O) groups excluding carboxylic acids is 2. The summed E-state index contributed by atoms with van der Waals surface area (Å²) in [6.45, 7) is 7.01. The second-order valence-corrected chi connectivity index (χ2v) is 6.77. The molecule has 2 aromatic rings. The minimum atomic E-state index is -0.221. The Morgan fingerprint density at radius 2 is 1.86 bits per heavy atom. The van der Waals surface area contributed by atoms with Crippen LogP contribution in [0, 0.1) is 6.92 Å². The number of aromatic nitrogens is 2. The van der Waals surface area contributed by atoms with Gasteiger partial charge in [-0.2, -0.15) is 0 Å². The monoisotopic (exact) mass is 380 g/mol. The Balaban J connectivity index is 1.49. The third-order valence-electron chi connectivity index (χ3n) is 4.61. The first-order chi connectivity index (χ1) is 13.5. The average molecular weight is 380 g/mol. The van der Waals surface area contributed by atoms with Crippen molar-refractivity contribution in [1.29, 1.82) is 0 Å². The molecule has 1 saturated heterocycles. The smallest absolute Gasteiger partial charge is 0.316 e. The molecule has 0 saturated carbocycles. The zero-order chi connectivity index (χ0) is 19.9. The van der Waals surface area contributed by atoms with Gasteiger partial charge in [-0.1, -0.05) is 18.7 Å². The highest BCUT2D eigenvalue weighted by molar-refractivity contribution is 5.94. The van der Waals surface area contributed by atoms with Crippen molar-refractivity contribution in [2.75, 3.05) is 13.1 Å². The summed E-state index contributed by atoms with van der Waals surface area (Å²) in [5, 5.41) is 2.71. The van der Waals surface area contributed by atoms with Crippen molar-refractivity contribution in [1.82, 2.24) is 20.2 Å². The highest BCUT2D eigenvalue weighted by Crippen LogP contribution is 2.18. The van der Waals surface area contributed by atoms with E-state index < -0.39 is 0 Å². The Morgan fingerprint density at radius 3 is 2.46 bits per heavy atom. The van der Waals surface area contributed by atoms with Crippen LogP contribution in [0.4, 0.5) is 0 Å². The van der Waals surface area contributed by atoms with E-state index in [-0.39, 0.29) is 17.9 Å². The van der Waals surface area contributed by atoms with E-state index in [0.717, 1.165) is 24.0 Å². The Hall–Kier alpha value is -3.22. The van der Waals surface area contributed by atoms with Crippen LogP contribution in [0.1, 0.15) is 34.3 Å². The number of nitrogens with zero attached hydrogens (tertiary/aromatic N) is 3. The van der Waals surface area contributed by atoms with Gasteiger partial charge < -0.3 is 15.0 Å². The quantitative estimate of drug-likeness (QED) is 0.777. The number of rotatable bonds is 6. The molecular weight excluding hydrogens is 356 g/mol. The molecule has 1 aromatic heterocycles. The Morgan fingerprint density at radius 1 is 1.21 bits per heavy atom. The molecule has 1 N–H and O–H groups in total. The molecule has 0 atom stereocenters. The number of nitrogens with one attached hydrogen (secondary N) is 1. The van der Waals surface area contributed by atoms with Crippen LogP contribution in [-0.4, -0.2) is 45.9 Å². The fourth-order valence-corrected chi connectivity index (χ4v) is 2.98. The van der Waals surface area contributed by atoms with Crippen molar-refractivity contribution in [3.05, 3.63) is 66.0 Å². The third kappa shape index (κ3) is 5.16. The number of ether oxygens (including phenoxy) is 1. The number of piperidine rings is 1. The maximum absolute atomic E-state index is 12.7. The normalized spacial score (nSPS) is 14.4. The van der Waals surface area contributed by atoms with Gasteiger partial charge in [0.2, 0.25) is 5.91 Å². The van der Waals surface area contributed by atoms with E-state index in [1.165, 1.54) is 6.08 Å². The lowest BCUT2D eigenvalue weighted by Gasteiger charge is -2.31. The molecule has 2 amide bonds. The topological polar surface area (TPSA) is 84.4 Å². The minimum Gasteiger partial charge on any atom is -0.460 e. The molecule has 1 aliphatic heterocycles. The van der Waals surface area contributed by atoms with Crippen LogP contribution < -0.4 is 10.1 Å². The number of likely N-dealkylation sites (tertiary alicyclic amines) is 1. The van der Waals surface area contributed by atoms with E-state index in [1.54, 1.807) is 24.5 Å². The number of hydrogen-bond acceptors (Lipinski definition) is 5. The summed E-state index contributed by atoms with van der Waals surface area (Å²) in [4.78, 5) is 34.1. The van der Waals surface area contributed by atoms with Gasteiger partial charge in [-0.3, -0.25) is 9.59 Å². The van der Waals surface area contributed by atoms with E-state index >= 15 is 0 Å². The van der Waals surface area contributed by atoms with Crippen LogP contribution in [0.15, 0.2) is 49.3 Å². The first-order valence-corrected chi connectivity index (χ1v) is 9.29. The Bertz CT molecular complexity index is 826. The van der Waals surface area contributed by atoms with Gasteiger partial charge in [0.1, 0.15) is 6.10 Å². The van der Waals surface area contributed by atoms with Gasteiger partial charge in [0, 0.05) is 50.4 Å². The molecule has 0 aliphatic carbocycles. The Labute approximate surface area is 164 Å². The molecule has 7 nitrogen and oxygen atoms in total. The van der Waals surface area contributed by atoms with Crippen LogP contribution >= 0.6 is 0 Å². The van der Waals surface area contributed by atoms with Crippen LogP contribution in [-0.2, 0) is 11.3 Å². The highest BCUT2D eigenvalue weighted by Gasteiger charge is 2.25. The summed E-state index contributed by atoms with van der Waals surface area (Å²) in [5.74, 6) is -0.215. The molecule has 0 unspecified atom stereocenters. The van der Waals surface area contributed by atoms with Crippen molar-refractivity contribution in [3.8, 4) is 6.01 Å². The van der Waals surface area contributed by atoms with Crippen molar-refractivity contribution >= 4 is 11.8 Å². The van der Waals surface area contributed by atoms with Gasteiger partial charge in [-0.25, -0.2) is 9.97 Å². The van der Waals surface area contributed by atoms with E-state index in [9.17, 15) is 9.59 Å². The zero-order valence-corrected chi connectivity index (χ0v) is 15.9. The van der Waals surface area contributed by atoms with Crippen LogP contribution in [0.5, 0.6) is 6.01 Å². The summed E-state index contributed by atoms with van der Waals surface area (Å²) < 4.78 is 5.81. The maximum atomic E-state index is 12.7. The number of carbonyl (C=O) groups is 2. The van der Waals surface area contributed by atoms with Crippen LogP contribution in [0.2, 0.25) is 0 Å². The van der Waals surface area contributed by atoms with E-state index in [0.29, 0.717) is 31.2 Å². The number of hydrogen-bond donors (Lipinski definition) is 1. The van der Waals surface area contributed by atoms with Gasteiger partial charge in [-0.15, -0.1) is 0 Å². The summed E-state index contributed by atoms with van der Waals surface area (Å²) >= 11 is 0. The lowest BCUT2D eigenvalue weighted by atomic mass is 10.1. The molecule has 2 heterocycles. The molecular formula is C21H24N4O3. The average Bonchev–Trinajstić information content (AvgIpc) is 2.74. The molecule has 0 radical (unpaired) electrons. The first kappa shape index (κ1) is 19.5. The molecule has 1 fully saturated rings. The Kier molecular flexibility index (Phi) is 6.37. The van der Waals surface area contributed by atoms with Crippen LogP contribution in [0.25, 0.3) is 0 Å². The van der Waals surface area contributed by atoms with Crippen LogP contribution in [0.3, 0.4) is 0 Å². The van der Waals surface area contributed by atoms with Gasteiger partial charge in [-0.05, 0) is 36.3 Å². The number of aryl methyl sites for hydroxylation is 1. The molecule has 146 valence electrons. The number of amides is 2. The van der Waals surface area contributed by atoms with Gasteiger partial charge in [0.05, 0.1) is 0 Å². The fourth-order valence-electron chi connectivity index (χ4n) is 2.98. The van der Waals surface area contributed by atoms with Gasteiger partial charge in [0.25, 0.3) is 5.91 Å². The summed E-state index contributed by atoms with van der Waals surface area (Å²) in [7, 11) is 0. The predicted octanol–water partition coefficient (Wildman–Crippen LogP) is 2.27.